The van der Waals surface area contributed by atoms with Crippen molar-refractivity contribution < 1.29 is 9.53 Å². The molecule has 1 atom stereocenters. The summed E-state index contributed by atoms with van der Waals surface area (Å²) < 4.78 is 5.22. The third kappa shape index (κ3) is 5.70. The number of carbonyl (C=O) groups excluding carboxylic acids is 1. The fourth-order valence-corrected chi connectivity index (χ4v) is 2.64. The highest BCUT2D eigenvalue weighted by atomic mass is 16.5. The molecule has 0 spiro atoms. The van der Waals surface area contributed by atoms with Crippen LogP contribution in [0.1, 0.15) is 23.6 Å². The molecule has 0 aliphatic rings. The van der Waals surface area contributed by atoms with E-state index >= 15 is 0 Å². The van der Waals surface area contributed by atoms with E-state index in [-0.39, 0.29) is 11.9 Å². The van der Waals surface area contributed by atoms with Gasteiger partial charge in [-0.1, -0.05) is 42.5 Å². The molecule has 0 aromatic heterocycles. The van der Waals surface area contributed by atoms with Crippen LogP contribution in [-0.4, -0.2) is 38.6 Å². The van der Waals surface area contributed by atoms with Crippen LogP contribution in [0.3, 0.4) is 0 Å². The molecule has 2 aromatic carbocycles. The molecule has 1 N–H and O–H groups in total. The molecule has 0 aliphatic heterocycles. The van der Waals surface area contributed by atoms with Gasteiger partial charge in [0.05, 0.1) is 13.2 Å². The maximum atomic E-state index is 12.4. The Morgan fingerprint density at radius 3 is 2.54 bits per heavy atom. The average Bonchev–Trinajstić information content (AvgIpc) is 2.60. The summed E-state index contributed by atoms with van der Waals surface area (Å²) in [6, 6.07) is 17.9. The van der Waals surface area contributed by atoms with E-state index in [2.05, 4.69) is 22.3 Å². The molecule has 4 nitrogen and oxygen atoms in total. The van der Waals surface area contributed by atoms with E-state index in [9.17, 15) is 4.79 Å². The first-order valence-corrected chi connectivity index (χ1v) is 8.20. The summed E-state index contributed by atoms with van der Waals surface area (Å²) in [5.74, 6) is 0.885. The Kier molecular flexibility index (Phi) is 6.82. The van der Waals surface area contributed by atoms with Crippen LogP contribution in [0, 0.1) is 0 Å². The lowest BCUT2D eigenvalue weighted by Gasteiger charge is -2.23. The van der Waals surface area contributed by atoms with Crippen LogP contribution in [0.5, 0.6) is 5.75 Å². The van der Waals surface area contributed by atoms with Gasteiger partial charge in [-0.25, -0.2) is 0 Å². The number of benzene rings is 2. The molecule has 0 saturated heterocycles. The lowest BCUT2D eigenvalue weighted by molar-refractivity contribution is -0.121. The quantitative estimate of drug-likeness (QED) is 0.811. The van der Waals surface area contributed by atoms with Gasteiger partial charge in [-0.2, -0.15) is 0 Å². The number of aryl methyl sites for hydroxylation is 1. The predicted molar refractivity (Wildman–Crippen MR) is 97.2 cm³/mol. The van der Waals surface area contributed by atoms with Gasteiger partial charge in [0.1, 0.15) is 5.75 Å². The highest BCUT2D eigenvalue weighted by Gasteiger charge is 2.15. The zero-order chi connectivity index (χ0) is 17.4. The van der Waals surface area contributed by atoms with Crippen molar-refractivity contribution in [3.05, 3.63) is 65.7 Å². The van der Waals surface area contributed by atoms with Crippen LogP contribution >= 0.6 is 0 Å². The molecule has 2 aromatic rings. The molecule has 0 fully saturated rings. The lowest BCUT2D eigenvalue weighted by atomic mass is 10.1. The summed E-state index contributed by atoms with van der Waals surface area (Å²) in [5.41, 5.74) is 2.23. The molecular weight excluding hydrogens is 300 g/mol. The number of nitrogens with zero attached hydrogens (tertiary/aromatic N) is 1. The van der Waals surface area contributed by atoms with Gasteiger partial charge in [-0.3, -0.25) is 4.79 Å². The number of methoxy groups -OCH3 is 1. The summed E-state index contributed by atoms with van der Waals surface area (Å²) in [6.45, 7) is 0.773. The largest absolute Gasteiger partial charge is 0.497 e. The number of hydrogen-bond donors (Lipinski definition) is 1. The Morgan fingerprint density at radius 2 is 1.88 bits per heavy atom. The van der Waals surface area contributed by atoms with Crippen LogP contribution in [0.25, 0.3) is 0 Å². The van der Waals surface area contributed by atoms with Crippen LogP contribution in [0.4, 0.5) is 0 Å². The summed E-state index contributed by atoms with van der Waals surface area (Å²) in [6.07, 6.45) is 1.16. The predicted octanol–water partition coefficient (Wildman–Crippen LogP) is 3.05. The van der Waals surface area contributed by atoms with Gasteiger partial charge in [0.25, 0.3) is 0 Å². The Hall–Kier alpha value is -2.33. The number of amides is 1. The van der Waals surface area contributed by atoms with Gasteiger partial charge in [0.2, 0.25) is 5.91 Å². The highest BCUT2D eigenvalue weighted by Crippen LogP contribution is 2.16. The first kappa shape index (κ1) is 18.0. The molecule has 128 valence electrons. The number of likely N-dealkylation sites (N-methyl/N-ethyl adjacent to an activating group) is 1. The van der Waals surface area contributed by atoms with Crippen LogP contribution < -0.4 is 10.1 Å². The number of nitrogens with one attached hydrogen (secondary N) is 1. The van der Waals surface area contributed by atoms with Crippen LogP contribution in [0.15, 0.2) is 54.6 Å². The maximum absolute atomic E-state index is 12.4. The second kappa shape index (κ2) is 9.08. The van der Waals surface area contributed by atoms with Crippen molar-refractivity contribution in [2.45, 2.75) is 18.9 Å². The Labute approximate surface area is 144 Å². The smallest absolute Gasteiger partial charge is 0.220 e. The number of hydrogen-bond acceptors (Lipinski definition) is 3. The first-order chi connectivity index (χ1) is 11.6. The van der Waals surface area contributed by atoms with Crippen LogP contribution in [-0.2, 0) is 11.2 Å². The molecule has 0 saturated carbocycles. The molecule has 0 bridgehead atoms. The van der Waals surface area contributed by atoms with Crippen molar-refractivity contribution in [1.82, 2.24) is 10.2 Å². The molecule has 1 amide bonds. The standard InChI is InChI=1S/C20H26N2O2/c1-22(2)15-19(17-9-5-4-6-10-17)21-20(23)13-12-16-8-7-11-18(14-16)24-3/h4-11,14,19H,12-13,15H2,1-3H3,(H,21,23). The van der Waals surface area contributed by atoms with Gasteiger partial charge in [0, 0.05) is 13.0 Å². The van der Waals surface area contributed by atoms with E-state index in [1.54, 1.807) is 7.11 Å². The van der Waals surface area contributed by atoms with Crippen molar-refractivity contribution >= 4 is 5.91 Å². The minimum atomic E-state index is -0.000917. The van der Waals surface area contributed by atoms with E-state index in [1.807, 2.05) is 56.6 Å². The maximum Gasteiger partial charge on any atom is 0.220 e. The number of ether oxygens (including phenoxy) is 1. The van der Waals surface area contributed by atoms with Crippen LogP contribution in [0.2, 0.25) is 0 Å². The summed E-state index contributed by atoms with van der Waals surface area (Å²) in [7, 11) is 5.67. The highest BCUT2D eigenvalue weighted by molar-refractivity contribution is 5.76. The third-order valence-corrected chi connectivity index (χ3v) is 3.86. The Bertz CT molecular complexity index is 641. The molecule has 1 unspecified atom stereocenters. The molecule has 0 heterocycles. The van der Waals surface area contributed by atoms with E-state index in [0.29, 0.717) is 12.8 Å². The minimum absolute atomic E-state index is 0.000917. The topological polar surface area (TPSA) is 41.6 Å². The molecule has 24 heavy (non-hydrogen) atoms. The monoisotopic (exact) mass is 326 g/mol. The zero-order valence-corrected chi connectivity index (χ0v) is 14.7. The van der Waals surface area contributed by atoms with Gasteiger partial charge < -0.3 is 15.0 Å². The van der Waals surface area contributed by atoms with Gasteiger partial charge in [-0.15, -0.1) is 0 Å². The molecular formula is C20H26N2O2. The van der Waals surface area contributed by atoms with Crippen molar-refractivity contribution in [1.29, 1.82) is 0 Å². The van der Waals surface area contributed by atoms with Crippen molar-refractivity contribution in [2.75, 3.05) is 27.7 Å². The molecule has 0 radical (unpaired) electrons. The fourth-order valence-electron chi connectivity index (χ4n) is 2.64. The van der Waals surface area contributed by atoms with Crippen molar-refractivity contribution in [3.8, 4) is 5.75 Å². The molecule has 4 heteroatoms. The third-order valence-electron chi connectivity index (χ3n) is 3.86. The number of rotatable bonds is 8. The average molecular weight is 326 g/mol. The lowest BCUT2D eigenvalue weighted by Crippen LogP contribution is -2.35. The van der Waals surface area contributed by atoms with Crippen molar-refractivity contribution in [3.63, 3.8) is 0 Å². The second-order valence-electron chi connectivity index (χ2n) is 6.14. The van der Waals surface area contributed by atoms with Gasteiger partial charge in [-0.05, 0) is 43.8 Å². The van der Waals surface area contributed by atoms with E-state index < -0.39 is 0 Å². The Morgan fingerprint density at radius 1 is 1.12 bits per heavy atom. The van der Waals surface area contributed by atoms with Gasteiger partial charge in [0.15, 0.2) is 0 Å². The van der Waals surface area contributed by atoms with Gasteiger partial charge >= 0.3 is 0 Å². The second-order valence-corrected chi connectivity index (χ2v) is 6.14. The summed E-state index contributed by atoms with van der Waals surface area (Å²) in [5, 5.41) is 3.15. The van der Waals surface area contributed by atoms with E-state index in [0.717, 1.165) is 23.4 Å². The number of carbonyl (C=O) groups is 1. The summed E-state index contributed by atoms with van der Waals surface area (Å²) >= 11 is 0. The minimum Gasteiger partial charge on any atom is -0.497 e. The SMILES string of the molecule is COc1cccc(CCC(=O)NC(CN(C)C)c2ccccc2)c1. The first-order valence-electron chi connectivity index (χ1n) is 8.20. The zero-order valence-electron chi connectivity index (χ0n) is 14.7. The fraction of sp³-hybridized carbons (Fsp3) is 0.350. The normalized spacial score (nSPS) is 12.0. The van der Waals surface area contributed by atoms with E-state index in [4.69, 9.17) is 4.74 Å². The molecule has 2 rings (SSSR count). The van der Waals surface area contributed by atoms with Crippen molar-refractivity contribution in [2.24, 2.45) is 0 Å². The van der Waals surface area contributed by atoms with E-state index in [1.165, 1.54) is 0 Å². The Balaban J connectivity index is 1.94. The molecule has 0 aliphatic carbocycles. The summed E-state index contributed by atoms with van der Waals surface area (Å²) in [4.78, 5) is 14.5.